The van der Waals surface area contributed by atoms with Crippen LogP contribution in [0.3, 0.4) is 0 Å². The predicted octanol–water partition coefficient (Wildman–Crippen LogP) is 2.74. The molecule has 2 rings (SSSR count). The van der Waals surface area contributed by atoms with Gasteiger partial charge in [-0.2, -0.15) is 0 Å². The van der Waals surface area contributed by atoms with E-state index in [1.807, 2.05) is 6.07 Å². The summed E-state index contributed by atoms with van der Waals surface area (Å²) in [5.74, 6) is 0. The molecule has 0 aliphatic heterocycles. The minimum Gasteiger partial charge on any atom is -0.396 e. The summed E-state index contributed by atoms with van der Waals surface area (Å²) in [4.78, 5) is 0. The van der Waals surface area contributed by atoms with Crippen molar-refractivity contribution in [3.05, 3.63) is 34.3 Å². The highest BCUT2D eigenvalue weighted by Crippen LogP contribution is 2.39. The Morgan fingerprint density at radius 1 is 1.35 bits per heavy atom. The van der Waals surface area contributed by atoms with E-state index in [0.29, 0.717) is 6.61 Å². The molecule has 0 radical (unpaired) electrons. The van der Waals surface area contributed by atoms with E-state index in [4.69, 9.17) is 0 Å². The van der Waals surface area contributed by atoms with Gasteiger partial charge in [-0.25, -0.2) is 0 Å². The zero-order valence-corrected chi connectivity index (χ0v) is 11.7. The molecule has 1 aromatic rings. The highest BCUT2D eigenvalue weighted by atomic mass is 79.9. The van der Waals surface area contributed by atoms with Crippen LogP contribution < -0.4 is 5.32 Å². The molecule has 1 saturated carbocycles. The Kier molecular flexibility index (Phi) is 4.60. The van der Waals surface area contributed by atoms with E-state index >= 15 is 0 Å². The van der Waals surface area contributed by atoms with Crippen molar-refractivity contribution in [2.45, 2.75) is 25.7 Å². The molecule has 0 atom stereocenters. The van der Waals surface area contributed by atoms with Crippen LogP contribution in [0.5, 0.6) is 0 Å². The van der Waals surface area contributed by atoms with Gasteiger partial charge in [-0.15, -0.1) is 0 Å². The maximum atomic E-state index is 9.34. The molecule has 1 fully saturated rings. The second-order valence-corrected chi connectivity index (χ2v) is 5.98. The normalized spacial score (nSPS) is 17.8. The number of halogens is 1. The van der Waals surface area contributed by atoms with Crippen molar-refractivity contribution in [2.75, 3.05) is 19.7 Å². The zero-order chi connectivity index (χ0) is 12.1. The minimum atomic E-state index is 0.192. The third kappa shape index (κ3) is 3.54. The number of hydrogen-bond acceptors (Lipinski definition) is 2. The van der Waals surface area contributed by atoms with Crippen LogP contribution in [0, 0.1) is 5.41 Å². The molecule has 0 heterocycles. The second kappa shape index (κ2) is 5.98. The summed E-state index contributed by atoms with van der Waals surface area (Å²) in [6.45, 7) is 2.27. The quantitative estimate of drug-likeness (QED) is 0.792. The van der Waals surface area contributed by atoms with Crippen LogP contribution in [0.15, 0.2) is 28.7 Å². The van der Waals surface area contributed by atoms with Crippen molar-refractivity contribution in [3.63, 3.8) is 0 Å². The van der Waals surface area contributed by atoms with E-state index in [9.17, 15) is 5.11 Å². The molecule has 1 aromatic carbocycles. The molecule has 2 N–H and O–H groups in total. The molecule has 0 saturated heterocycles. The van der Waals surface area contributed by atoms with Gasteiger partial charge in [-0.1, -0.05) is 34.5 Å². The fraction of sp³-hybridized carbons (Fsp3) is 0.571. The SMILES string of the molecule is OCC1(CNCCc2cccc(Br)c2)CCC1. The van der Waals surface area contributed by atoms with Gasteiger partial charge >= 0.3 is 0 Å². The van der Waals surface area contributed by atoms with Gasteiger partial charge in [0.1, 0.15) is 0 Å². The molecule has 1 aliphatic carbocycles. The van der Waals surface area contributed by atoms with Crippen molar-refractivity contribution < 1.29 is 5.11 Å². The smallest absolute Gasteiger partial charge is 0.0499 e. The number of rotatable bonds is 6. The lowest BCUT2D eigenvalue weighted by molar-refractivity contribution is 0.0451. The highest BCUT2D eigenvalue weighted by Gasteiger charge is 2.35. The lowest BCUT2D eigenvalue weighted by atomic mass is 9.69. The summed E-state index contributed by atoms with van der Waals surface area (Å²) in [6.07, 6.45) is 4.66. The molecule has 0 spiro atoms. The fourth-order valence-electron chi connectivity index (χ4n) is 2.35. The number of nitrogens with one attached hydrogen (secondary N) is 1. The molecular weight excluding hydrogens is 278 g/mol. The van der Waals surface area contributed by atoms with Crippen molar-refractivity contribution in [3.8, 4) is 0 Å². The summed E-state index contributed by atoms with van der Waals surface area (Å²) >= 11 is 3.48. The van der Waals surface area contributed by atoms with Gasteiger partial charge in [0, 0.05) is 23.0 Å². The van der Waals surface area contributed by atoms with Crippen LogP contribution >= 0.6 is 15.9 Å². The fourth-order valence-corrected chi connectivity index (χ4v) is 2.79. The average molecular weight is 298 g/mol. The molecule has 0 unspecified atom stereocenters. The standard InChI is InChI=1S/C14H20BrNO/c15-13-4-1-3-12(9-13)5-8-16-10-14(11-17)6-2-7-14/h1,3-4,9,16-17H,2,5-8,10-11H2. The van der Waals surface area contributed by atoms with Crippen molar-refractivity contribution >= 4 is 15.9 Å². The largest absolute Gasteiger partial charge is 0.396 e. The Labute approximate surface area is 112 Å². The maximum absolute atomic E-state index is 9.34. The third-order valence-corrected chi connectivity index (χ3v) is 4.22. The lowest BCUT2D eigenvalue weighted by Gasteiger charge is -2.40. The summed E-state index contributed by atoms with van der Waals surface area (Å²) in [5.41, 5.74) is 1.54. The Hall–Kier alpha value is -0.380. The van der Waals surface area contributed by atoms with Gasteiger partial charge < -0.3 is 10.4 Å². The van der Waals surface area contributed by atoms with Crippen LogP contribution in [0.25, 0.3) is 0 Å². The first-order valence-corrected chi connectivity index (χ1v) is 7.09. The number of aliphatic hydroxyl groups is 1. The van der Waals surface area contributed by atoms with E-state index in [0.717, 1.165) is 24.0 Å². The van der Waals surface area contributed by atoms with Crippen LogP contribution in [0.4, 0.5) is 0 Å². The molecule has 94 valence electrons. The van der Waals surface area contributed by atoms with Gasteiger partial charge in [0.05, 0.1) is 0 Å². The minimum absolute atomic E-state index is 0.192. The van der Waals surface area contributed by atoms with Crippen LogP contribution in [-0.2, 0) is 6.42 Å². The van der Waals surface area contributed by atoms with Gasteiger partial charge in [0.25, 0.3) is 0 Å². The van der Waals surface area contributed by atoms with Crippen LogP contribution in [0.2, 0.25) is 0 Å². The van der Waals surface area contributed by atoms with Crippen LogP contribution in [0.1, 0.15) is 24.8 Å². The van der Waals surface area contributed by atoms with E-state index in [1.54, 1.807) is 0 Å². The van der Waals surface area contributed by atoms with Crippen molar-refractivity contribution in [1.82, 2.24) is 5.32 Å². The Morgan fingerprint density at radius 3 is 2.76 bits per heavy atom. The predicted molar refractivity (Wildman–Crippen MR) is 74.1 cm³/mol. The topological polar surface area (TPSA) is 32.3 Å². The Balaban J connectivity index is 1.69. The number of hydrogen-bond donors (Lipinski definition) is 2. The summed E-state index contributed by atoms with van der Waals surface area (Å²) in [5, 5.41) is 12.8. The molecular formula is C14H20BrNO. The first-order valence-electron chi connectivity index (χ1n) is 6.30. The van der Waals surface area contributed by atoms with E-state index in [-0.39, 0.29) is 5.41 Å². The molecule has 17 heavy (non-hydrogen) atoms. The molecule has 1 aliphatic rings. The lowest BCUT2D eigenvalue weighted by Crippen LogP contribution is -2.43. The molecule has 0 amide bonds. The second-order valence-electron chi connectivity index (χ2n) is 5.07. The third-order valence-electron chi connectivity index (χ3n) is 3.73. The summed E-state index contributed by atoms with van der Waals surface area (Å²) in [6, 6.07) is 8.43. The summed E-state index contributed by atoms with van der Waals surface area (Å²) in [7, 11) is 0. The highest BCUT2D eigenvalue weighted by molar-refractivity contribution is 9.10. The molecule has 2 nitrogen and oxygen atoms in total. The van der Waals surface area contributed by atoms with E-state index in [1.165, 1.54) is 24.8 Å². The Morgan fingerprint density at radius 2 is 2.18 bits per heavy atom. The number of aliphatic hydroxyl groups excluding tert-OH is 1. The average Bonchev–Trinajstić information content (AvgIpc) is 2.27. The molecule has 3 heteroatoms. The van der Waals surface area contributed by atoms with E-state index < -0.39 is 0 Å². The Bertz CT molecular complexity index is 357. The van der Waals surface area contributed by atoms with Gasteiger partial charge in [-0.3, -0.25) is 0 Å². The molecule has 0 bridgehead atoms. The first kappa shape index (κ1) is 13.1. The monoisotopic (exact) mass is 297 g/mol. The maximum Gasteiger partial charge on any atom is 0.0499 e. The first-order chi connectivity index (χ1) is 8.24. The molecule has 0 aromatic heterocycles. The van der Waals surface area contributed by atoms with Gasteiger partial charge in [0.15, 0.2) is 0 Å². The zero-order valence-electron chi connectivity index (χ0n) is 10.1. The van der Waals surface area contributed by atoms with Crippen LogP contribution in [-0.4, -0.2) is 24.8 Å². The summed E-state index contributed by atoms with van der Waals surface area (Å²) < 4.78 is 1.14. The van der Waals surface area contributed by atoms with Crippen molar-refractivity contribution in [1.29, 1.82) is 0 Å². The van der Waals surface area contributed by atoms with Crippen molar-refractivity contribution in [2.24, 2.45) is 5.41 Å². The van der Waals surface area contributed by atoms with E-state index in [2.05, 4.69) is 39.4 Å². The van der Waals surface area contributed by atoms with Gasteiger partial charge in [0.2, 0.25) is 0 Å². The van der Waals surface area contributed by atoms with Gasteiger partial charge in [-0.05, 0) is 43.5 Å². The number of benzene rings is 1.